The Kier molecular flexibility index (Phi) is 15.9. The zero-order valence-electron chi connectivity index (χ0n) is 52.7. The van der Waals surface area contributed by atoms with Gasteiger partial charge in [-0.3, -0.25) is 0 Å². The zero-order chi connectivity index (χ0) is 62.1. The van der Waals surface area contributed by atoms with Crippen molar-refractivity contribution in [1.29, 1.82) is 0 Å². The van der Waals surface area contributed by atoms with Gasteiger partial charge in [0.15, 0.2) is 0 Å². The van der Waals surface area contributed by atoms with Gasteiger partial charge >= 0.3 is 0 Å². The van der Waals surface area contributed by atoms with E-state index in [1.165, 1.54) is 16.7 Å². The fourth-order valence-electron chi connectivity index (χ4n) is 12.5. The largest absolute Gasteiger partial charge is 0.509 e. The summed E-state index contributed by atoms with van der Waals surface area (Å²) in [6.45, 7) is 22.6. The smallest absolute Gasteiger partial charge is 0.135 e. The molecule has 0 unspecified atom stereocenters. The van der Waals surface area contributed by atoms with Crippen LogP contribution in [0.1, 0.15) is 79.0 Å². The second-order valence-electron chi connectivity index (χ2n) is 26.8. The summed E-state index contributed by atoms with van der Waals surface area (Å²) in [5, 5.41) is 2.15. The predicted octanol–water partition coefficient (Wildman–Crippen LogP) is 23.0. The van der Waals surface area contributed by atoms with Gasteiger partial charge in [-0.05, 0) is 161 Å². The molecule has 11 aromatic carbocycles. The van der Waals surface area contributed by atoms with Gasteiger partial charge in [0.2, 0.25) is 0 Å². The van der Waals surface area contributed by atoms with Crippen LogP contribution in [0.25, 0.3) is 94.4 Å². The Balaban J connectivity index is 0.00000758. The van der Waals surface area contributed by atoms with E-state index < -0.39 is 0 Å². The number of aromatic nitrogens is 2. The molecule has 0 amide bonds. The molecule has 0 bridgehead atoms. The number of nitrogens with zero attached hydrogens (tertiary/aromatic N) is 4. The quantitative estimate of drug-likeness (QED) is 0.121. The SMILES string of the molecule is CC(C)(C)c1cc(-c2cc(-c3ccccc3)cc(-c3ccc(F)cc3)c2N2[CH-]N(c3[c-]c(Oc4[c-]c5c(cc4)c4ccccc4n5-c4cc(C(C)(C)C)ccn4)cc(-c4cc(-c5ccccc5)cc(-c5ccccc5)c4)c3)c3ccccc32)cc(C(C)(C)C)c1.[Pt]. The third-order valence-electron chi connectivity index (χ3n) is 17.4. The van der Waals surface area contributed by atoms with E-state index in [-0.39, 0.29) is 43.1 Å². The molecule has 3 heterocycles. The number of anilines is 4. The van der Waals surface area contributed by atoms with Gasteiger partial charge < -0.3 is 19.1 Å². The molecule has 0 aliphatic carbocycles. The molecule has 14 rings (SSSR count). The minimum absolute atomic E-state index is 0. The monoisotopic (exact) mass is 1360 g/mol. The van der Waals surface area contributed by atoms with Crippen LogP contribution in [0.4, 0.5) is 27.1 Å². The Hall–Kier alpha value is -9.61. The Morgan fingerprint density at radius 3 is 1.48 bits per heavy atom. The van der Waals surface area contributed by atoms with Gasteiger partial charge in [0.05, 0.1) is 0 Å². The van der Waals surface area contributed by atoms with E-state index in [0.29, 0.717) is 11.5 Å². The number of benzene rings is 11. The second kappa shape index (κ2) is 24.0. The van der Waals surface area contributed by atoms with Crippen LogP contribution in [0.5, 0.6) is 11.5 Å². The first kappa shape index (κ1) is 60.3. The van der Waals surface area contributed by atoms with E-state index in [2.05, 4.69) is 314 Å². The summed E-state index contributed by atoms with van der Waals surface area (Å²) < 4.78 is 24.6. The normalized spacial score (nSPS) is 12.5. The van der Waals surface area contributed by atoms with Gasteiger partial charge in [-0.1, -0.05) is 219 Å². The van der Waals surface area contributed by atoms with Crippen molar-refractivity contribution in [3.05, 3.63) is 296 Å². The average molecular weight is 1370 g/mol. The van der Waals surface area contributed by atoms with E-state index in [1.54, 1.807) is 12.1 Å². The molecule has 91 heavy (non-hydrogen) atoms. The van der Waals surface area contributed by atoms with Gasteiger partial charge in [-0.2, -0.15) is 6.07 Å². The fraction of sp³-hybridized carbons (Fsp3) is 0.143. The van der Waals surface area contributed by atoms with Crippen molar-refractivity contribution in [3.8, 4) is 84.1 Å². The van der Waals surface area contributed by atoms with Crippen LogP contribution < -0.4 is 14.5 Å². The van der Waals surface area contributed by atoms with Crippen LogP contribution >= 0.6 is 0 Å². The summed E-state index contributed by atoms with van der Waals surface area (Å²) in [7, 11) is 0. The molecule has 0 saturated carbocycles. The molecule has 5 nitrogen and oxygen atoms in total. The number of pyridine rings is 1. The van der Waals surface area contributed by atoms with Gasteiger partial charge in [0, 0.05) is 72.5 Å². The summed E-state index contributed by atoms with van der Waals surface area (Å²) >= 11 is 0. The van der Waals surface area contributed by atoms with E-state index in [4.69, 9.17) is 9.72 Å². The van der Waals surface area contributed by atoms with E-state index in [0.717, 1.165) is 117 Å². The third kappa shape index (κ3) is 11.9. The summed E-state index contributed by atoms with van der Waals surface area (Å²) in [5.41, 5.74) is 21.3. The van der Waals surface area contributed by atoms with Crippen molar-refractivity contribution in [1.82, 2.24) is 9.55 Å². The minimum Gasteiger partial charge on any atom is -0.509 e. The topological polar surface area (TPSA) is 33.5 Å². The molecule has 13 aromatic rings. The Morgan fingerprint density at radius 1 is 0.396 bits per heavy atom. The Labute approximate surface area is 549 Å². The fourth-order valence-corrected chi connectivity index (χ4v) is 12.5. The molecule has 0 radical (unpaired) electrons. The molecular formula is C84H70FN4OPt-3. The van der Waals surface area contributed by atoms with E-state index in [9.17, 15) is 0 Å². The number of para-hydroxylation sites is 3. The number of hydrogen-bond donors (Lipinski definition) is 0. The van der Waals surface area contributed by atoms with Gasteiger partial charge in [0.25, 0.3) is 0 Å². The second-order valence-corrected chi connectivity index (χ2v) is 26.8. The molecule has 1 aliphatic rings. The van der Waals surface area contributed by atoms with Crippen molar-refractivity contribution >= 4 is 44.6 Å². The number of rotatable bonds is 11. The maximum absolute atomic E-state index is 15.2. The third-order valence-corrected chi connectivity index (χ3v) is 17.4. The molecular weight excluding hydrogens is 1300 g/mol. The summed E-state index contributed by atoms with van der Waals surface area (Å²) in [5.74, 6) is 1.57. The van der Waals surface area contributed by atoms with Crippen LogP contribution in [-0.4, -0.2) is 9.55 Å². The molecule has 7 heteroatoms. The molecule has 0 N–H and O–H groups in total. The van der Waals surface area contributed by atoms with Gasteiger partial charge in [-0.15, -0.1) is 53.6 Å². The van der Waals surface area contributed by atoms with Crippen LogP contribution in [0.15, 0.2) is 255 Å². The van der Waals surface area contributed by atoms with E-state index in [1.807, 2.05) is 24.4 Å². The van der Waals surface area contributed by atoms with E-state index >= 15 is 4.39 Å². The van der Waals surface area contributed by atoms with Crippen molar-refractivity contribution in [2.45, 2.75) is 78.6 Å². The van der Waals surface area contributed by atoms with Crippen molar-refractivity contribution in [2.75, 3.05) is 9.80 Å². The van der Waals surface area contributed by atoms with Crippen molar-refractivity contribution in [3.63, 3.8) is 0 Å². The van der Waals surface area contributed by atoms with Gasteiger partial charge in [-0.25, -0.2) is 9.37 Å². The number of ether oxygens (including phenoxy) is 1. The van der Waals surface area contributed by atoms with Crippen molar-refractivity contribution in [2.24, 2.45) is 0 Å². The van der Waals surface area contributed by atoms with Crippen LogP contribution in [0, 0.1) is 24.6 Å². The predicted molar refractivity (Wildman–Crippen MR) is 373 cm³/mol. The molecule has 0 spiro atoms. The first-order valence-corrected chi connectivity index (χ1v) is 31.0. The van der Waals surface area contributed by atoms with Crippen LogP contribution in [0.2, 0.25) is 0 Å². The van der Waals surface area contributed by atoms with Crippen LogP contribution in [-0.2, 0) is 37.3 Å². The van der Waals surface area contributed by atoms with Gasteiger partial charge in [0.1, 0.15) is 11.6 Å². The summed E-state index contributed by atoms with van der Waals surface area (Å²) in [4.78, 5) is 9.54. The minimum atomic E-state index is -0.293. The Morgan fingerprint density at radius 2 is 0.901 bits per heavy atom. The molecule has 452 valence electrons. The maximum atomic E-state index is 15.2. The summed E-state index contributed by atoms with van der Waals surface area (Å²) in [6.07, 6.45) is 1.90. The van der Waals surface area contributed by atoms with Crippen LogP contribution in [0.3, 0.4) is 0 Å². The average Bonchev–Trinajstić information content (AvgIpc) is 1.67. The number of fused-ring (bicyclic) bond motifs is 4. The first-order chi connectivity index (χ1) is 43.4. The molecule has 0 fully saturated rings. The Bertz CT molecular complexity index is 4750. The first-order valence-electron chi connectivity index (χ1n) is 31.0. The molecule has 0 saturated heterocycles. The molecule has 0 atom stereocenters. The van der Waals surface area contributed by atoms with Crippen molar-refractivity contribution < 1.29 is 30.2 Å². The standard InChI is InChI=1S/C84H70FN4O.Pt/c1-82(2,3)65-39-40-86-80(51-65)89-76-30-20-19-29-72(76)73-38-37-70(53-79(73)89)90-71-47-62(61-42-59(55-23-13-10-14-24-55)41-60(43-61)56-25-15-11-16-26-56)46-69(52-71)87-54-88(78-32-22-21-31-77(78)87)81-74(58-33-35-68(85)36-34-58)48-63(57-27-17-12-18-28-57)49-75(81)64-44-66(83(4,5)6)50-67(45-64)84(7,8)9;/h10-51,54H,1-9H3;/q-3;. The summed E-state index contributed by atoms with van der Waals surface area (Å²) in [6, 6.07) is 94.6. The maximum Gasteiger partial charge on any atom is 0.135 e. The zero-order valence-corrected chi connectivity index (χ0v) is 55.0. The number of hydrogen-bond acceptors (Lipinski definition) is 4. The molecule has 2 aromatic heterocycles. The molecule has 1 aliphatic heterocycles. The number of halogens is 1.